The molecular weight excluding hydrogens is 529 g/mol. The van der Waals surface area contributed by atoms with Gasteiger partial charge in [0.05, 0.1) is 6.21 Å². The van der Waals surface area contributed by atoms with Crippen LogP contribution in [0.4, 0.5) is 5.69 Å². The second-order valence-electron chi connectivity index (χ2n) is 9.78. The lowest BCUT2D eigenvalue weighted by molar-refractivity contribution is 0.0955. The summed E-state index contributed by atoms with van der Waals surface area (Å²) >= 11 is 12.4. The summed E-state index contributed by atoms with van der Waals surface area (Å²) in [7, 11) is 0. The van der Waals surface area contributed by atoms with Gasteiger partial charge in [0, 0.05) is 76.7 Å². The summed E-state index contributed by atoms with van der Waals surface area (Å²) in [5, 5.41) is 5.35. The molecular formula is C31H31Cl2N5O. The number of anilines is 1. The normalized spacial score (nSPS) is 14.2. The highest BCUT2D eigenvalue weighted by Crippen LogP contribution is 2.26. The van der Waals surface area contributed by atoms with Crippen LogP contribution in [0.3, 0.4) is 0 Å². The largest absolute Gasteiger partial charge is 0.369 e. The number of carbonyl (C=O) groups excluding carboxylic acids is 1. The topological polar surface area (TPSA) is 52.9 Å². The predicted molar refractivity (Wildman–Crippen MR) is 161 cm³/mol. The Hall–Kier alpha value is -3.58. The van der Waals surface area contributed by atoms with Crippen LogP contribution in [0.25, 0.3) is 5.69 Å². The number of benzene rings is 3. The van der Waals surface area contributed by atoms with Crippen LogP contribution < -0.4 is 10.3 Å². The van der Waals surface area contributed by atoms with Gasteiger partial charge in [-0.1, -0.05) is 53.5 Å². The van der Waals surface area contributed by atoms with E-state index in [0.717, 1.165) is 55.4 Å². The van der Waals surface area contributed by atoms with Crippen LogP contribution in [0, 0.1) is 13.8 Å². The number of nitrogens with one attached hydrogen (secondary N) is 1. The number of para-hydroxylation sites is 1. The highest BCUT2D eigenvalue weighted by Gasteiger charge is 2.17. The smallest absolute Gasteiger partial charge is 0.271 e. The third-order valence-electron chi connectivity index (χ3n) is 7.06. The Morgan fingerprint density at radius 1 is 0.872 bits per heavy atom. The number of hydrogen-bond acceptors (Lipinski definition) is 4. The molecule has 1 aliphatic heterocycles. The van der Waals surface area contributed by atoms with Crippen LogP contribution in [-0.2, 0) is 6.54 Å². The van der Waals surface area contributed by atoms with Gasteiger partial charge in [0.2, 0.25) is 0 Å². The summed E-state index contributed by atoms with van der Waals surface area (Å²) in [5.74, 6) is -0.246. The fourth-order valence-electron chi connectivity index (χ4n) is 5.03. The van der Waals surface area contributed by atoms with Gasteiger partial charge in [0.15, 0.2) is 0 Å². The van der Waals surface area contributed by atoms with Crippen molar-refractivity contribution in [1.82, 2.24) is 14.9 Å². The minimum Gasteiger partial charge on any atom is -0.369 e. The van der Waals surface area contributed by atoms with Gasteiger partial charge in [0.25, 0.3) is 5.91 Å². The highest BCUT2D eigenvalue weighted by molar-refractivity contribution is 6.34. The summed E-state index contributed by atoms with van der Waals surface area (Å²) in [6, 6.07) is 25.8. The van der Waals surface area contributed by atoms with Crippen molar-refractivity contribution in [3.63, 3.8) is 0 Å². The summed E-state index contributed by atoms with van der Waals surface area (Å²) in [6.45, 7) is 8.91. The minimum atomic E-state index is -0.246. The molecule has 0 aliphatic carbocycles. The lowest BCUT2D eigenvalue weighted by Gasteiger charge is -2.36. The van der Waals surface area contributed by atoms with Crippen molar-refractivity contribution in [3.8, 4) is 5.69 Å². The first kappa shape index (κ1) is 27.0. The first-order chi connectivity index (χ1) is 18.9. The van der Waals surface area contributed by atoms with Gasteiger partial charge in [0.1, 0.15) is 0 Å². The van der Waals surface area contributed by atoms with Crippen LogP contribution in [0.2, 0.25) is 10.0 Å². The number of amides is 1. The molecule has 0 spiro atoms. The Labute approximate surface area is 239 Å². The lowest BCUT2D eigenvalue weighted by Crippen LogP contribution is -2.45. The average molecular weight is 561 g/mol. The maximum Gasteiger partial charge on any atom is 0.271 e. The molecule has 4 aromatic rings. The molecule has 0 saturated carbocycles. The Bertz CT molecular complexity index is 1450. The fraction of sp³-hybridized carbons (Fsp3) is 0.226. The van der Waals surface area contributed by atoms with Crippen molar-refractivity contribution in [1.29, 1.82) is 0 Å². The van der Waals surface area contributed by atoms with Crippen molar-refractivity contribution in [3.05, 3.63) is 117 Å². The molecule has 1 aromatic heterocycles. The summed E-state index contributed by atoms with van der Waals surface area (Å²) in [5.41, 5.74) is 9.45. The third kappa shape index (κ3) is 6.53. The summed E-state index contributed by atoms with van der Waals surface area (Å²) in [4.78, 5) is 17.6. The molecule has 1 fully saturated rings. The van der Waals surface area contributed by atoms with Crippen molar-refractivity contribution >= 4 is 41.0 Å². The van der Waals surface area contributed by atoms with Gasteiger partial charge in [-0.2, -0.15) is 5.10 Å². The first-order valence-corrected chi connectivity index (χ1v) is 13.7. The molecule has 0 unspecified atom stereocenters. The van der Waals surface area contributed by atoms with E-state index in [2.05, 4.69) is 55.2 Å². The van der Waals surface area contributed by atoms with Gasteiger partial charge >= 0.3 is 0 Å². The first-order valence-electron chi connectivity index (χ1n) is 13.0. The van der Waals surface area contributed by atoms with E-state index in [0.29, 0.717) is 15.6 Å². The molecule has 1 aliphatic rings. The van der Waals surface area contributed by atoms with Crippen LogP contribution >= 0.6 is 23.2 Å². The maximum atomic E-state index is 12.7. The molecule has 39 heavy (non-hydrogen) atoms. The number of halogens is 2. The van der Waals surface area contributed by atoms with Crippen LogP contribution in [-0.4, -0.2) is 47.8 Å². The van der Waals surface area contributed by atoms with E-state index in [1.165, 1.54) is 11.3 Å². The van der Waals surface area contributed by atoms with E-state index in [1.54, 1.807) is 12.3 Å². The number of carbonyl (C=O) groups is 1. The number of aryl methyl sites for hydroxylation is 1. The summed E-state index contributed by atoms with van der Waals surface area (Å²) in [6.07, 6.45) is 1.66. The van der Waals surface area contributed by atoms with E-state index in [-0.39, 0.29) is 5.91 Å². The van der Waals surface area contributed by atoms with Gasteiger partial charge in [-0.15, -0.1) is 0 Å². The van der Waals surface area contributed by atoms with E-state index < -0.39 is 0 Å². The fourth-order valence-corrected chi connectivity index (χ4v) is 5.55. The average Bonchev–Trinajstić information content (AvgIpc) is 3.22. The SMILES string of the molecule is Cc1cc(/C=N/NC(=O)c2ccc(CN3CCN(c4ccccc4)CC3)cc2)c(C)n1-c1cc(Cl)cc(Cl)c1. The number of nitrogens with zero attached hydrogens (tertiary/aromatic N) is 4. The Morgan fingerprint density at radius 3 is 2.21 bits per heavy atom. The zero-order valence-electron chi connectivity index (χ0n) is 22.1. The molecule has 8 heteroatoms. The zero-order chi connectivity index (χ0) is 27.4. The number of piperazine rings is 1. The van der Waals surface area contributed by atoms with Gasteiger partial charge < -0.3 is 9.47 Å². The molecule has 1 N–H and O–H groups in total. The van der Waals surface area contributed by atoms with Gasteiger partial charge in [-0.3, -0.25) is 9.69 Å². The molecule has 0 radical (unpaired) electrons. The summed E-state index contributed by atoms with van der Waals surface area (Å²) < 4.78 is 2.06. The van der Waals surface area contributed by atoms with E-state index in [9.17, 15) is 4.79 Å². The molecule has 6 nitrogen and oxygen atoms in total. The van der Waals surface area contributed by atoms with Gasteiger partial charge in [-0.25, -0.2) is 5.43 Å². The van der Waals surface area contributed by atoms with Crippen molar-refractivity contribution in [2.45, 2.75) is 20.4 Å². The molecule has 0 atom stereocenters. The van der Waals surface area contributed by atoms with Crippen LogP contribution in [0.1, 0.15) is 32.9 Å². The second-order valence-corrected chi connectivity index (χ2v) is 10.7. The zero-order valence-corrected chi connectivity index (χ0v) is 23.6. The van der Waals surface area contributed by atoms with E-state index in [1.807, 2.05) is 56.3 Å². The third-order valence-corrected chi connectivity index (χ3v) is 7.50. The quantitative estimate of drug-likeness (QED) is 0.208. The molecule has 3 aromatic carbocycles. The number of aromatic nitrogens is 1. The van der Waals surface area contributed by atoms with Crippen LogP contribution in [0.5, 0.6) is 0 Å². The monoisotopic (exact) mass is 559 g/mol. The number of rotatable bonds is 7. The van der Waals surface area contributed by atoms with Crippen LogP contribution in [0.15, 0.2) is 84.0 Å². The molecule has 0 bridgehead atoms. The molecule has 2 heterocycles. The van der Waals surface area contributed by atoms with Crippen molar-refractivity contribution < 1.29 is 4.79 Å². The Balaban J connectivity index is 1.15. The molecule has 1 amide bonds. The molecule has 1 saturated heterocycles. The lowest BCUT2D eigenvalue weighted by atomic mass is 10.1. The molecule has 200 valence electrons. The Morgan fingerprint density at radius 2 is 1.54 bits per heavy atom. The van der Waals surface area contributed by atoms with E-state index >= 15 is 0 Å². The number of hydrazone groups is 1. The van der Waals surface area contributed by atoms with E-state index in [4.69, 9.17) is 23.2 Å². The van der Waals surface area contributed by atoms with Crippen molar-refractivity contribution in [2.75, 3.05) is 31.1 Å². The predicted octanol–water partition coefficient (Wildman–Crippen LogP) is 6.49. The highest BCUT2D eigenvalue weighted by atomic mass is 35.5. The Kier molecular flexibility index (Phi) is 8.36. The number of hydrogen-bond donors (Lipinski definition) is 1. The standard InChI is InChI=1S/C31H31Cl2N5O/c1-22-16-26(23(2)38(22)30-18-27(32)17-28(33)19-30)20-34-35-31(39)25-10-8-24(9-11-25)21-36-12-14-37(15-13-36)29-6-4-3-5-7-29/h3-11,16-20H,12-15,21H2,1-2H3,(H,35,39)/b34-20+. The van der Waals surface area contributed by atoms with Gasteiger partial charge in [-0.05, 0) is 67.9 Å². The minimum absolute atomic E-state index is 0.246. The van der Waals surface area contributed by atoms with Crippen molar-refractivity contribution in [2.24, 2.45) is 5.10 Å². The molecule has 5 rings (SSSR count). The maximum absolute atomic E-state index is 12.7. The second kappa shape index (κ2) is 12.1.